The second-order valence-corrected chi connectivity index (χ2v) is 11.1. The summed E-state index contributed by atoms with van der Waals surface area (Å²) in [7, 11) is 0. The van der Waals surface area contributed by atoms with Gasteiger partial charge in [-0.25, -0.2) is 0 Å². The molecular weight excluding hydrogens is 484 g/mol. The molecule has 0 bridgehead atoms. The smallest absolute Gasteiger partial charge is 0.228 e. The number of nitrogens with one attached hydrogen (secondary N) is 2. The van der Waals surface area contributed by atoms with Crippen LogP contribution >= 0.6 is 0 Å². The summed E-state index contributed by atoms with van der Waals surface area (Å²) < 4.78 is 0. The first kappa shape index (κ1) is 23.8. The van der Waals surface area contributed by atoms with Crippen LogP contribution in [0.25, 0.3) is 21.8 Å². The summed E-state index contributed by atoms with van der Waals surface area (Å²) in [5.74, 6) is -0.164. The molecule has 2 aliphatic rings. The van der Waals surface area contributed by atoms with E-state index in [-0.39, 0.29) is 29.6 Å². The molecule has 196 valence electrons. The third-order valence-electron chi connectivity index (χ3n) is 9.02. The summed E-state index contributed by atoms with van der Waals surface area (Å²) in [5.41, 5.74) is 6.58. The zero-order valence-corrected chi connectivity index (χ0v) is 22.1. The predicted octanol–water partition coefficient (Wildman–Crippen LogP) is 5.92. The number of piperidine rings is 1. The summed E-state index contributed by atoms with van der Waals surface area (Å²) in [6.45, 7) is 3.78. The lowest BCUT2D eigenvalue weighted by molar-refractivity contribution is -0.137. The average molecular weight is 517 g/mol. The maximum atomic E-state index is 13.8. The fraction of sp³-hybridized carbons (Fsp3) is 0.273. The quantitative estimate of drug-likeness (QED) is 0.311. The Morgan fingerprint density at radius 1 is 0.821 bits per heavy atom. The van der Waals surface area contributed by atoms with Gasteiger partial charge in [-0.05, 0) is 54.7 Å². The number of carbonyl (C=O) groups excluding carboxylic acids is 2. The zero-order valence-electron chi connectivity index (χ0n) is 22.1. The lowest BCUT2D eigenvalue weighted by atomic mass is 9.67. The first-order valence-electron chi connectivity index (χ1n) is 13.8. The number of nitrogens with zero attached hydrogens (tertiary/aromatic N) is 2. The van der Waals surface area contributed by atoms with Gasteiger partial charge in [-0.2, -0.15) is 0 Å². The molecule has 0 saturated carbocycles. The van der Waals surface area contributed by atoms with E-state index in [1.54, 1.807) is 4.90 Å². The maximum Gasteiger partial charge on any atom is 0.228 e. The number of amides is 2. The minimum atomic E-state index is -0.300. The van der Waals surface area contributed by atoms with Gasteiger partial charge in [0.2, 0.25) is 11.8 Å². The third-order valence-corrected chi connectivity index (χ3v) is 9.02. The van der Waals surface area contributed by atoms with Crippen molar-refractivity contribution in [3.8, 4) is 0 Å². The number of aromatic nitrogens is 2. The number of aromatic amines is 2. The Hall–Kier alpha value is -4.32. The van der Waals surface area contributed by atoms with Gasteiger partial charge in [-0.15, -0.1) is 0 Å². The van der Waals surface area contributed by atoms with E-state index in [4.69, 9.17) is 0 Å². The number of aryl methyl sites for hydroxylation is 1. The molecule has 2 aromatic heterocycles. The van der Waals surface area contributed by atoms with E-state index in [0.29, 0.717) is 19.6 Å². The molecule has 7 rings (SSSR count). The molecule has 0 spiro atoms. The van der Waals surface area contributed by atoms with Crippen molar-refractivity contribution in [2.45, 2.75) is 31.6 Å². The summed E-state index contributed by atoms with van der Waals surface area (Å²) in [6.07, 6.45) is 6.26. The number of fused-ring (bicyclic) bond motifs is 2. The van der Waals surface area contributed by atoms with Crippen molar-refractivity contribution in [2.24, 2.45) is 5.92 Å². The number of carbonyl (C=O) groups is 2. The van der Waals surface area contributed by atoms with E-state index < -0.39 is 0 Å². The molecule has 4 heterocycles. The van der Waals surface area contributed by atoms with Crippen molar-refractivity contribution >= 4 is 39.3 Å². The lowest BCUT2D eigenvalue weighted by Crippen LogP contribution is -2.47. The molecular formula is C33H32N4O2. The number of hydrogen-bond donors (Lipinski definition) is 2. The van der Waals surface area contributed by atoms with Crippen molar-refractivity contribution in [2.75, 3.05) is 24.5 Å². The van der Waals surface area contributed by atoms with Gasteiger partial charge in [0.25, 0.3) is 0 Å². The van der Waals surface area contributed by atoms with Crippen LogP contribution in [0.15, 0.2) is 85.2 Å². The maximum absolute atomic E-state index is 13.8. The molecule has 3 aromatic carbocycles. The monoisotopic (exact) mass is 516 g/mol. The van der Waals surface area contributed by atoms with Gasteiger partial charge >= 0.3 is 0 Å². The van der Waals surface area contributed by atoms with Gasteiger partial charge in [0.15, 0.2) is 0 Å². The Kier molecular flexibility index (Phi) is 5.58. The van der Waals surface area contributed by atoms with Crippen LogP contribution in [0.2, 0.25) is 0 Å². The summed E-state index contributed by atoms with van der Waals surface area (Å²) >= 11 is 0. The Labute approximate surface area is 227 Å². The number of hydrogen-bond acceptors (Lipinski definition) is 2. The van der Waals surface area contributed by atoms with Crippen LogP contribution in [0, 0.1) is 12.8 Å². The molecule has 2 N–H and O–H groups in total. The van der Waals surface area contributed by atoms with Crippen LogP contribution in [0.5, 0.6) is 0 Å². The Balaban J connectivity index is 1.19. The molecule has 2 amide bonds. The summed E-state index contributed by atoms with van der Waals surface area (Å²) in [6, 6.07) is 24.9. The van der Waals surface area contributed by atoms with Crippen LogP contribution in [0.3, 0.4) is 0 Å². The van der Waals surface area contributed by atoms with Crippen LogP contribution in [0.4, 0.5) is 5.69 Å². The largest absolute Gasteiger partial charge is 0.361 e. The van der Waals surface area contributed by atoms with Crippen LogP contribution in [-0.2, 0) is 15.0 Å². The van der Waals surface area contributed by atoms with Gasteiger partial charge in [-0.1, -0.05) is 54.6 Å². The highest BCUT2D eigenvalue weighted by atomic mass is 16.2. The van der Waals surface area contributed by atoms with Gasteiger partial charge in [-0.3, -0.25) is 9.59 Å². The molecule has 39 heavy (non-hydrogen) atoms. The predicted molar refractivity (Wildman–Crippen MR) is 155 cm³/mol. The number of para-hydroxylation sites is 3. The highest BCUT2D eigenvalue weighted by Gasteiger charge is 2.44. The summed E-state index contributed by atoms with van der Waals surface area (Å²) in [4.78, 5) is 37.5. The van der Waals surface area contributed by atoms with Gasteiger partial charge in [0, 0.05) is 71.4 Å². The van der Waals surface area contributed by atoms with Crippen molar-refractivity contribution in [3.63, 3.8) is 0 Å². The highest BCUT2D eigenvalue weighted by molar-refractivity contribution is 6.01. The van der Waals surface area contributed by atoms with Crippen LogP contribution < -0.4 is 4.90 Å². The van der Waals surface area contributed by atoms with Crippen molar-refractivity contribution in [1.29, 1.82) is 0 Å². The van der Waals surface area contributed by atoms with Gasteiger partial charge < -0.3 is 19.8 Å². The molecule has 0 aliphatic carbocycles. The van der Waals surface area contributed by atoms with E-state index in [1.807, 2.05) is 36.1 Å². The second-order valence-electron chi connectivity index (χ2n) is 11.1. The van der Waals surface area contributed by atoms with Crippen molar-refractivity contribution in [1.82, 2.24) is 14.9 Å². The van der Waals surface area contributed by atoms with Crippen molar-refractivity contribution in [3.05, 3.63) is 102 Å². The topological polar surface area (TPSA) is 72.2 Å². The molecule has 0 unspecified atom stereocenters. The minimum Gasteiger partial charge on any atom is -0.361 e. The first-order chi connectivity index (χ1) is 19.0. The van der Waals surface area contributed by atoms with E-state index in [2.05, 4.69) is 70.9 Å². The second kappa shape index (κ2) is 9.16. The third kappa shape index (κ3) is 3.77. The number of rotatable bonds is 4. The molecule has 2 saturated heterocycles. The fourth-order valence-electron chi connectivity index (χ4n) is 6.96. The SMILES string of the molecule is Cc1ccccc1N1C[C@@H](C(=O)N2CCC(c3c[nH]c4ccccc34)(c3c[nH]c4ccccc34)CC2)CC1=O. The minimum absolute atomic E-state index is 0.0339. The van der Waals surface area contributed by atoms with Crippen molar-refractivity contribution < 1.29 is 9.59 Å². The fourth-order valence-corrected chi connectivity index (χ4v) is 6.96. The molecule has 0 radical (unpaired) electrons. The molecule has 2 aliphatic heterocycles. The number of likely N-dealkylation sites (tertiary alicyclic amines) is 1. The number of anilines is 1. The van der Waals surface area contributed by atoms with Gasteiger partial charge in [0.1, 0.15) is 0 Å². The van der Waals surface area contributed by atoms with E-state index in [0.717, 1.165) is 35.1 Å². The Bertz CT molecular complexity index is 1630. The van der Waals surface area contributed by atoms with E-state index >= 15 is 0 Å². The molecule has 2 fully saturated rings. The van der Waals surface area contributed by atoms with E-state index in [9.17, 15) is 9.59 Å². The molecule has 6 heteroatoms. The normalized spacial score (nSPS) is 19.3. The van der Waals surface area contributed by atoms with Gasteiger partial charge in [0.05, 0.1) is 5.92 Å². The molecule has 1 atom stereocenters. The highest BCUT2D eigenvalue weighted by Crippen LogP contribution is 2.47. The van der Waals surface area contributed by atoms with E-state index in [1.165, 1.54) is 21.9 Å². The summed E-state index contributed by atoms with van der Waals surface area (Å²) in [5, 5.41) is 2.47. The number of H-pyrrole nitrogens is 2. The molecule has 6 nitrogen and oxygen atoms in total. The first-order valence-corrected chi connectivity index (χ1v) is 13.8. The van der Waals surface area contributed by atoms with Crippen LogP contribution in [-0.4, -0.2) is 46.3 Å². The average Bonchev–Trinajstić information content (AvgIpc) is 3.70. The van der Waals surface area contributed by atoms with Crippen LogP contribution in [0.1, 0.15) is 36.0 Å². The number of benzene rings is 3. The Morgan fingerprint density at radius 2 is 1.38 bits per heavy atom. The lowest BCUT2D eigenvalue weighted by Gasteiger charge is -2.43. The molecule has 5 aromatic rings. The standard InChI is InChI=1S/C33H32N4O2/c1-22-8-2-7-13-30(22)37-21-23(18-31(37)38)32(39)36-16-14-33(15-17-36,26-19-34-28-11-5-3-9-24(26)28)27-20-35-29-12-6-4-10-25(27)29/h2-13,19-20,23,34-35H,14-18,21H2,1H3/t23-/m0/s1. The zero-order chi connectivity index (χ0) is 26.6. The Morgan fingerprint density at radius 3 is 2.00 bits per heavy atom.